The van der Waals surface area contributed by atoms with Gasteiger partial charge in [-0.15, -0.1) is 11.6 Å². The Hall–Kier alpha value is -1.65. The van der Waals surface area contributed by atoms with Crippen LogP contribution in [-0.2, 0) is 14.8 Å². The maximum atomic E-state index is 14.3. The first-order chi connectivity index (χ1) is 11.6. The highest BCUT2D eigenvalue weighted by Crippen LogP contribution is 2.37. The fourth-order valence-corrected chi connectivity index (χ4v) is 3.78. The van der Waals surface area contributed by atoms with Gasteiger partial charge in [0.15, 0.2) is 0 Å². The lowest BCUT2D eigenvalue weighted by Gasteiger charge is -2.18. The van der Waals surface area contributed by atoms with Crippen molar-refractivity contribution in [3.05, 3.63) is 23.0 Å². The molecule has 1 aromatic carbocycles. The molecule has 1 N–H and O–H groups in total. The van der Waals surface area contributed by atoms with Crippen LogP contribution in [0.25, 0.3) is 0 Å². The van der Waals surface area contributed by atoms with Crippen molar-refractivity contribution in [3.63, 3.8) is 0 Å². The van der Waals surface area contributed by atoms with Gasteiger partial charge in [0.25, 0.3) is 5.91 Å². The van der Waals surface area contributed by atoms with Gasteiger partial charge in [-0.1, -0.05) is 11.6 Å². The van der Waals surface area contributed by atoms with Crippen molar-refractivity contribution in [1.29, 1.82) is 0 Å². The Morgan fingerprint density at radius 3 is 2.60 bits per heavy atom. The molecule has 2 atom stereocenters. The highest BCUT2D eigenvalue weighted by molar-refractivity contribution is 7.93. The van der Waals surface area contributed by atoms with Crippen LogP contribution < -0.4 is 9.62 Å². The van der Waals surface area contributed by atoms with E-state index in [1.54, 1.807) is 0 Å². The number of carbonyl (C=O) groups excluding carboxylic acids is 2. The molecular formula is C13H11Cl2F2N3O4S. The number of benzene rings is 1. The molecule has 0 aromatic heterocycles. The summed E-state index contributed by atoms with van der Waals surface area (Å²) in [5, 5.41) is -1.05. The molecule has 3 amide bonds. The second-order valence-electron chi connectivity index (χ2n) is 5.57. The van der Waals surface area contributed by atoms with Gasteiger partial charge in [-0.2, -0.15) is 0 Å². The number of alkyl halides is 2. The second-order valence-corrected chi connectivity index (χ2v) is 8.28. The topological polar surface area (TPSA) is 86.8 Å². The number of halogens is 4. The van der Waals surface area contributed by atoms with Gasteiger partial charge in [-0.25, -0.2) is 26.9 Å². The van der Waals surface area contributed by atoms with Crippen LogP contribution in [0.3, 0.4) is 0 Å². The van der Waals surface area contributed by atoms with E-state index >= 15 is 0 Å². The molecule has 0 aliphatic carbocycles. The predicted molar refractivity (Wildman–Crippen MR) is 87.6 cm³/mol. The van der Waals surface area contributed by atoms with E-state index in [1.807, 2.05) is 4.72 Å². The maximum Gasteiger partial charge on any atom is 0.332 e. The van der Waals surface area contributed by atoms with Crippen molar-refractivity contribution in [1.82, 2.24) is 4.90 Å². The molecule has 25 heavy (non-hydrogen) atoms. The molecule has 2 aliphatic rings. The second kappa shape index (κ2) is 6.26. The Bertz CT molecular complexity index is 843. The standard InChI is InChI=1S/C13H11Cl2F2N3O4S/c14-5-25(23,24)18-9-3-10(8(17)2-7(9)15)20-12(21)11-1-6(16)4-19(11)13(20)22/h2-3,6,11,18H,1,4-5H2/t6-,11-/m0/s1. The first kappa shape index (κ1) is 18.2. The van der Waals surface area contributed by atoms with Gasteiger partial charge < -0.3 is 4.90 Å². The van der Waals surface area contributed by atoms with Gasteiger partial charge in [-0.05, 0) is 12.1 Å². The summed E-state index contributed by atoms with van der Waals surface area (Å²) in [4.78, 5) is 26.3. The van der Waals surface area contributed by atoms with E-state index < -0.39 is 50.9 Å². The van der Waals surface area contributed by atoms with Crippen molar-refractivity contribution in [2.45, 2.75) is 18.6 Å². The van der Waals surface area contributed by atoms with Crippen LogP contribution in [0.1, 0.15) is 6.42 Å². The fraction of sp³-hybridized carbons (Fsp3) is 0.385. The quantitative estimate of drug-likeness (QED) is 0.605. The number of carbonyl (C=O) groups is 2. The minimum absolute atomic E-state index is 0.165. The zero-order valence-corrected chi connectivity index (χ0v) is 14.7. The molecule has 12 heteroatoms. The van der Waals surface area contributed by atoms with Crippen molar-refractivity contribution in [3.8, 4) is 0 Å². The molecule has 2 saturated heterocycles. The Morgan fingerprint density at radius 2 is 2.00 bits per heavy atom. The summed E-state index contributed by atoms with van der Waals surface area (Å²) >= 11 is 11.1. The summed E-state index contributed by atoms with van der Waals surface area (Å²) in [5.74, 6) is -1.78. The third kappa shape index (κ3) is 3.13. The van der Waals surface area contributed by atoms with Crippen molar-refractivity contribution < 1.29 is 26.8 Å². The molecule has 1 aromatic rings. The largest absolute Gasteiger partial charge is 0.332 e. The number of imide groups is 1. The Kier molecular flexibility index (Phi) is 4.54. The lowest BCUT2D eigenvalue weighted by atomic mass is 10.2. The van der Waals surface area contributed by atoms with Gasteiger partial charge in [0, 0.05) is 6.42 Å². The highest BCUT2D eigenvalue weighted by Gasteiger charge is 2.52. The molecule has 2 aliphatic heterocycles. The molecular weight excluding hydrogens is 403 g/mol. The number of amides is 3. The van der Waals surface area contributed by atoms with Crippen LogP contribution in [-0.4, -0.2) is 49.2 Å². The summed E-state index contributed by atoms with van der Waals surface area (Å²) in [6, 6.07) is -0.180. The monoisotopic (exact) mass is 413 g/mol. The molecule has 0 bridgehead atoms. The van der Waals surface area contributed by atoms with Crippen LogP contribution in [0.5, 0.6) is 0 Å². The molecule has 2 fully saturated rings. The van der Waals surface area contributed by atoms with E-state index in [0.29, 0.717) is 4.90 Å². The Balaban J connectivity index is 2.00. The van der Waals surface area contributed by atoms with Gasteiger partial charge in [0.05, 0.1) is 22.9 Å². The highest BCUT2D eigenvalue weighted by atomic mass is 35.5. The van der Waals surface area contributed by atoms with Gasteiger partial charge in [0.1, 0.15) is 23.2 Å². The molecule has 0 saturated carbocycles. The van der Waals surface area contributed by atoms with E-state index in [0.717, 1.165) is 17.0 Å². The third-order valence-electron chi connectivity index (χ3n) is 3.88. The predicted octanol–water partition coefficient (Wildman–Crippen LogP) is 2.30. The lowest BCUT2D eigenvalue weighted by molar-refractivity contribution is -0.119. The SMILES string of the molecule is O=C1[C@@H]2C[C@H](F)CN2C(=O)N1c1cc(NS(=O)(=O)CCl)c(Cl)cc1F. The van der Waals surface area contributed by atoms with Crippen LogP contribution in [0.15, 0.2) is 12.1 Å². The van der Waals surface area contributed by atoms with Crippen LogP contribution >= 0.6 is 23.2 Å². The van der Waals surface area contributed by atoms with Gasteiger partial charge >= 0.3 is 6.03 Å². The first-order valence-corrected chi connectivity index (χ1v) is 9.55. The van der Waals surface area contributed by atoms with E-state index in [-0.39, 0.29) is 23.7 Å². The Morgan fingerprint density at radius 1 is 1.32 bits per heavy atom. The molecule has 0 unspecified atom stereocenters. The van der Waals surface area contributed by atoms with Crippen LogP contribution in [0, 0.1) is 5.82 Å². The van der Waals surface area contributed by atoms with E-state index in [1.165, 1.54) is 0 Å². The summed E-state index contributed by atoms with van der Waals surface area (Å²) in [6.45, 7) is -0.257. The molecule has 136 valence electrons. The zero-order chi connectivity index (χ0) is 18.5. The third-order valence-corrected chi connectivity index (χ3v) is 5.87. The number of hydrogen-bond acceptors (Lipinski definition) is 4. The van der Waals surface area contributed by atoms with E-state index in [4.69, 9.17) is 23.2 Å². The van der Waals surface area contributed by atoms with Crippen LogP contribution in [0.4, 0.5) is 25.0 Å². The number of urea groups is 1. The number of sulfonamides is 1. The van der Waals surface area contributed by atoms with Crippen molar-refractivity contribution >= 4 is 56.5 Å². The summed E-state index contributed by atoms with van der Waals surface area (Å²) < 4.78 is 52.8. The summed E-state index contributed by atoms with van der Waals surface area (Å²) in [5.41, 5.74) is -0.716. The van der Waals surface area contributed by atoms with E-state index in [2.05, 4.69) is 0 Å². The zero-order valence-electron chi connectivity index (χ0n) is 12.4. The fourth-order valence-electron chi connectivity index (χ4n) is 2.81. The molecule has 2 heterocycles. The number of hydrogen-bond donors (Lipinski definition) is 1. The average Bonchev–Trinajstić information content (AvgIpc) is 3.01. The normalized spacial score (nSPS) is 23.4. The van der Waals surface area contributed by atoms with Gasteiger partial charge in [-0.3, -0.25) is 9.52 Å². The lowest BCUT2D eigenvalue weighted by Crippen LogP contribution is -2.35. The number of fused-ring (bicyclic) bond motifs is 1. The Labute approximate surface area is 151 Å². The van der Waals surface area contributed by atoms with Crippen molar-refractivity contribution in [2.24, 2.45) is 0 Å². The minimum atomic E-state index is -3.94. The van der Waals surface area contributed by atoms with Crippen molar-refractivity contribution in [2.75, 3.05) is 21.4 Å². The smallest absolute Gasteiger partial charge is 0.309 e. The van der Waals surface area contributed by atoms with Crippen LogP contribution in [0.2, 0.25) is 5.02 Å². The average molecular weight is 414 g/mol. The maximum absolute atomic E-state index is 14.3. The number of nitrogens with zero attached hydrogens (tertiary/aromatic N) is 2. The number of anilines is 2. The molecule has 0 spiro atoms. The molecule has 3 rings (SSSR count). The van der Waals surface area contributed by atoms with E-state index in [9.17, 15) is 26.8 Å². The number of nitrogens with one attached hydrogen (secondary N) is 1. The summed E-state index contributed by atoms with van der Waals surface area (Å²) in [6.07, 6.45) is -1.48. The molecule has 0 radical (unpaired) electrons. The summed E-state index contributed by atoms with van der Waals surface area (Å²) in [7, 11) is -3.94. The molecule has 7 nitrogen and oxygen atoms in total. The number of rotatable bonds is 4. The first-order valence-electron chi connectivity index (χ1n) is 6.98. The minimum Gasteiger partial charge on any atom is -0.309 e. The van der Waals surface area contributed by atoms with Gasteiger partial charge in [0.2, 0.25) is 10.0 Å².